The SMILES string of the molecule is CC(=O)Nc1c(-c2ccccc2)c(C)nn1-c1ccc(C(=O)Nc2ccc(C)cn2)cc1. The summed E-state index contributed by atoms with van der Waals surface area (Å²) >= 11 is 0. The van der Waals surface area contributed by atoms with Crippen molar-refractivity contribution in [3.05, 3.63) is 89.7 Å². The summed E-state index contributed by atoms with van der Waals surface area (Å²) in [4.78, 5) is 28.7. The molecular weight excluding hydrogens is 402 g/mol. The molecule has 0 bridgehead atoms. The highest BCUT2D eigenvalue weighted by Gasteiger charge is 2.19. The molecule has 2 aromatic heterocycles. The summed E-state index contributed by atoms with van der Waals surface area (Å²) in [5.74, 6) is 0.636. The van der Waals surface area contributed by atoms with E-state index in [-0.39, 0.29) is 11.8 Å². The molecule has 7 heteroatoms. The first-order valence-corrected chi connectivity index (χ1v) is 10.2. The molecule has 0 saturated heterocycles. The highest BCUT2D eigenvalue weighted by atomic mass is 16.2. The van der Waals surface area contributed by atoms with Gasteiger partial charge in [-0.15, -0.1) is 0 Å². The maximum Gasteiger partial charge on any atom is 0.256 e. The fraction of sp³-hybridized carbons (Fsp3) is 0.120. The van der Waals surface area contributed by atoms with Crippen molar-refractivity contribution >= 4 is 23.5 Å². The molecular formula is C25H23N5O2. The number of nitrogens with one attached hydrogen (secondary N) is 2. The van der Waals surface area contributed by atoms with Gasteiger partial charge in [0.2, 0.25) is 5.91 Å². The Hall–Kier alpha value is -4.26. The van der Waals surface area contributed by atoms with Gasteiger partial charge in [0.05, 0.1) is 11.4 Å². The van der Waals surface area contributed by atoms with Crippen LogP contribution in [0.25, 0.3) is 16.8 Å². The number of carbonyl (C=O) groups is 2. The summed E-state index contributed by atoms with van der Waals surface area (Å²) in [5.41, 5.74) is 4.84. The topological polar surface area (TPSA) is 88.9 Å². The molecule has 2 aromatic carbocycles. The minimum absolute atomic E-state index is 0.190. The Morgan fingerprint density at radius 1 is 0.875 bits per heavy atom. The zero-order chi connectivity index (χ0) is 22.7. The molecule has 4 rings (SSSR count). The molecule has 2 amide bonds. The highest BCUT2D eigenvalue weighted by molar-refractivity contribution is 6.03. The fourth-order valence-corrected chi connectivity index (χ4v) is 3.43. The van der Waals surface area contributed by atoms with Gasteiger partial charge in [-0.1, -0.05) is 36.4 Å². The predicted molar refractivity (Wildman–Crippen MR) is 125 cm³/mol. The van der Waals surface area contributed by atoms with Crippen LogP contribution in [0.4, 0.5) is 11.6 Å². The molecule has 0 unspecified atom stereocenters. The molecule has 0 aliphatic carbocycles. The smallest absolute Gasteiger partial charge is 0.256 e. The minimum atomic E-state index is -0.253. The van der Waals surface area contributed by atoms with Crippen LogP contribution in [0.2, 0.25) is 0 Å². The Kier molecular flexibility index (Phi) is 5.81. The normalized spacial score (nSPS) is 10.6. The van der Waals surface area contributed by atoms with Crippen molar-refractivity contribution in [1.82, 2.24) is 14.8 Å². The van der Waals surface area contributed by atoms with Crippen LogP contribution >= 0.6 is 0 Å². The average molecular weight is 425 g/mol. The van der Waals surface area contributed by atoms with E-state index in [1.807, 2.05) is 50.2 Å². The number of hydrogen-bond donors (Lipinski definition) is 2. The molecule has 32 heavy (non-hydrogen) atoms. The lowest BCUT2D eigenvalue weighted by Gasteiger charge is -2.11. The Labute approximate surface area is 186 Å². The Morgan fingerprint density at radius 2 is 1.59 bits per heavy atom. The van der Waals surface area contributed by atoms with E-state index in [4.69, 9.17) is 0 Å². The summed E-state index contributed by atoms with van der Waals surface area (Å²) in [6.45, 7) is 5.31. The van der Waals surface area contributed by atoms with E-state index in [0.717, 1.165) is 28.1 Å². The van der Waals surface area contributed by atoms with Crippen LogP contribution in [0.5, 0.6) is 0 Å². The Morgan fingerprint density at radius 3 is 2.22 bits per heavy atom. The number of hydrogen-bond acceptors (Lipinski definition) is 4. The standard InChI is InChI=1S/C25H23N5O2/c1-16-9-14-22(26-15-16)28-25(32)20-10-12-21(13-11-20)30-24(27-18(3)31)23(17(2)29-30)19-7-5-4-6-8-19/h4-15H,1-3H3,(H,27,31)(H,26,28,32). The van der Waals surface area contributed by atoms with Crippen LogP contribution in [0.15, 0.2) is 72.9 Å². The van der Waals surface area contributed by atoms with Crippen LogP contribution < -0.4 is 10.6 Å². The molecule has 0 spiro atoms. The van der Waals surface area contributed by atoms with E-state index in [9.17, 15) is 9.59 Å². The van der Waals surface area contributed by atoms with Crippen LogP contribution in [0.3, 0.4) is 0 Å². The Bertz CT molecular complexity index is 1260. The van der Waals surface area contributed by atoms with Crippen LogP contribution in [-0.4, -0.2) is 26.6 Å². The van der Waals surface area contributed by atoms with Crippen molar-refractivity contribution in [2.45, 2.75) is 20.8 Å². The maximum absolute atomic E-state index is 12.6. The number of anilines is 2. The quantitative estimate of drug-likeness (QED) is 0.482. The lowest BCUT2D eigenvalue weighted by Crippen LogP contribution is -2.14. The van der Waals surface area contributed by atoms with Crippen molar-refractivity contribution in [1.29, 1.82) is 0 Å². The van der Waals surface area contributed by atoms with Gasteiger partial charge >= 0.3 is 0 Å². The molecule has 0 atom stereocenters. The number of rotatable bonds is 5. The molecule has 2 N–H and O–H groups in total. The van der Waals surface area contributed by atoms with Crippen LogP contribution in [0.1, 0.15) is 28.5 Å². The van der Waals surface area contributed by atoms with Gasteiger partial charge < -0.3 is 10.6 Å². The van der Waals surface area contributed by atoms with E-state index >= 15 is 0 Å². The number of benzene rings is 2. The molecule has 2 heterocycles. The summed E-state index contributed by atoms with van der Waals surface area (Å²) < 4.78 is 1.68. The first-order chi connectivity index (χ1) is 15.4. The minimum Gasteiger partial charge on any atom is -0.310 e. The molecule has 160 valence electrons. The van der Waals surface area contributed by atoms with E-state index in [1.165, 1.54) is 6.92 Å². The zero-order valence-corrected chi connectivity index (χ0v) is 18.1. The number of aromatic nitrogens is 3. The third-order valence-corrected chi connectivity index (χ3v) is 4.94. The molecule has 0 aliphatic heterocycles. The van der Waals surface area contributed by atoms with Gasteiger partial charge in [-0.2, -0.15) is 5.10 Å². The van der Waals surface area contributed by atoms with Gasteiger partial charge in [0, 0.05) is 24.2 Å². The fourth-order valence-electron chi connectivity index (χ4n) is 3.43. The molecule has 0 fully saturated rings. The number of amides is 2. The number of pyridine rings is 1. The molecule has 0 aliphatic rings. The van der Waals surface area contributed by atoms with Crippen LogP contribution in [-0.2, 0) is 4.79 Å². The van der Waals surface area contributed by atoms with Gasteiger partial charge in [0.1, 0.15) is 11.6 Å². The molecule has 4 aromatic rings. The van der Waals surface area contributed by atoms with Gasteiger partial charge in [-0.25, -0.2) is 9.67 Å². The first kappa shape index (κ1) is 21.0. The van der Waals surface area contributed by atoms with E-state index in [1.54, 1.807) is 41.2 Å². The van der Waals surface area contributed by atoms with Gasteiger partial charge in [0.15, 0.2) is 0 Å². The number of nitrogens with zero attached hydrogens (tertiary/aromatic N) is 3. The molecule has 7 nitrogen and oxygen atoms in total. The lowest BCUT2D eigenvalue weighted by atomic mass is 10.1. The highest BCUT2D eigenvalue weighted by Crippen LogP contribution is 2.33. The molecule has 0 saturated carbocycles. The second-order valence-electron chi connectivity index (χ2n) is 7.49. The second kappa shape index (κ2) is 8.85. The second-order valence-corrected chi connectivity index (χ2v) is 7.49. The van der Waals surface area contributed by atoms with Crippen molar-refractivity contribution in [2.24, 2.45) is 0 Å². The largest absolute Gasteiger partial charge is 0.310 e. The van der Waals surface area contributed by atoms with E-state index in [0.29, 0.717) is 17.2 Å². The van der Waals surface area contributed by atoms with Gasteiger partial charge in [-0.3, -0.25) is 9.59 Å². The third kappa shape index (κ3) is 4.41. The van der Waals surface area contributed by atoms with Crippen molar-refractivity contribution in [2.75, 3.05) is 10.6 Å². The maximum atomic E-state index is 12.6. The zero-order valence-electron chi connectivity index (χ0n) is 18.1. The monoisotopic (exact) mass is 425 g/mol. The average Bonchev–Trinajstić information content (AvgIpc) is 3.11. The number of aryl methyl sites for hydroxylation is 2. The van der Waals surface area contributed by atoms with Crippen molar-refractivity contribution < 1.29 is 9.59 Å². The number of carbonyl (C=O) groups excluding carboxylic acids is 2. The predicted octanol–water partition coefficient (Wildman–Crippen LogP) is 4.76. The van der Waals surface area contributed by atoms with Gasteiger partial charge in [0.25, 0.3) is 5.91 Å². The van der Waals surface area contributed by atoms with E-state index in [2.05, 4.69) is 20.7 Å². The summed E-state index contributed by atoms with van der Waals surface area (Å²) in [6, 6.07) is 20.5. The first-order valence-electron chi connectivity index (χ1n) is 10.2. The van der Waals surface area contributed by atoms with Crippen LogP contribution in [0, 0.1) is 13.8 Å². The Balaban J connectivity index is 1.66. The molecule has 0 radical (unpaired) electrons. The lowest BCUT2D eigenvalue weighted by molar-refractivity contribution is -0.114. The van der Waals surface area contributed by atoms with Crippen molar-refractivity contribution in [3.8, 4) is 16.8 Å². The van der Waals surface area contributed by atoms with E-state index < -0.39 is 0 Å². The third-order valence-electron chi connectivity index (χ3n) is 4.94. The summed E-state index contributed by atoms with van der Waals surface area (Å²) in [5, 5.41) is 10.3. The summed E-state index contributed by atoms with van der Waals surface area (Å²) in [7, 11) is 0. The van der Waals surface area contributed by atoms with Crippen molar-refractivity contribution in [3.63, 3.8) is 0 Å². The summed E-state index contributed by atoms with van der Waals surface area (Å²) in [6.07, 6.45) is 1.70. The van der Waals surface area contributed by atoms with Gasteiger partial charge in [-0.05, 0) is 55.3 Å².